The molecule has 0 aliphatic rings. The predicted octanol–water partition coefficient (Wildman–Crippen LogP) is 4.96. The highest BCUT2D eigenvalue weighted by Crippen LogP contribution is 2.31. The second-order valence-electron chi connectivity index (χ2n) is 5.08. The van der Waals surface area contributed by atoms with Gasteiger partial charge in [-0.1, -0.05) is 48.5 Å². The molecule has 20 heavy (non-hydrogen) atoms. The van der Waals surface area contributed by atoms with E-state index in [0.717, 1.165) is 24.1 Å². The largest absolute Gasteiger partial charge is 0.388 e. The van der Waals surface area contributed by atoms with Gasteiger partial charge in [0.25, 0.3) is 0 Å². The molecular formula is C18H18OS. The predicted molar refractivity (Wildman–Crippen MR) is 86.2 cm³/mol. The number of hydrogen-bond acceptors (Lipinski definition) is 2. The first-order chi connectivity index (χ1) is 9.83. The number of aliphatic hydroxyl groups is 1. The lowest BCUT2D eigenvalue weighted by Crippen LogP contribution is -1.95. The van der Waals surface area contributed by atoms with Crippen LogP contribution < -0.4 is 0 Å². The van der Waals surface area contributed by atoms with Gasteiger partial charge >= 0.3 is 0 Å². The second-order valence-corrected chi connectivity index (χ2v) is 6.20. The molecule has 1 nitrogen and oxygen atoms in total. The third-order valence-electron chi connectivity index (χ3n) is 3.56. The van der Waals surface area contributed by atoms with E-state index in [1.54, 1.807) is 11.3 Å². The number of fused-ring (bicyclic) bond motifs is 1. The molecular weight excluding hydrogens is 264 g/mol. The molecule has 2 aromatic carbocycles. The molecule has 0 aliphatic carbocycles. The zero-order chi connectivity index (χ0) is 13.8. The zero-order valence-electron chi connectivity index (χ0n) is 11.3. The van der Waals surface area contributed by atoms with Gasteiger partial charge in [0, 0.05) is 9.58 Å². The summed E-state index contributed by atoms with van der Waals surface area (Å²) in [7, 11) is 0. The summed E-state index contributed by atoms with van der Waals surface area (Å²) in [5.74, 6) is 0. The van der Waals surface area contributed by atoms with E-state index in [2.05, 4.69) is 42.5 Å². The summed E-state index contributed by atoms with van der Waals surface area (Å²) in [4.78, 5) is 1.08. The fourth-order valence-corrected chi connectivity index (χ4v) is 3.54. The number of rotatable bonds is 5. The Bertz CT molecular complexity index is 639. The van der Waals surface area contributed by atoms with E-state index >= 15 is 0 Å². The van der Waals surface area contributed by atoms with Crippen molar-refractivity contribution >= 4 is 21.4 Å². The highest BCUT2D eigenvalue weighted by Gasteiger charge is 2.11. The van der Waals surface area contributed by atoms with Crippen LogP contribution in [0, 0.1) is 0 Å². The van der Waals surface area contributed by atoms with Gasteiger partial charge < -0.3 is 5.11 Å². The van der Waals surface area contributed by atoms with E-state index < -0.39 is 0 Å². The Morgan fingerprint density at radius 3 is 2.50 bits per heavy atom. The van der Waals surface area contributed by atoms with Crippen LogP contribution in [-0.2, 0) is 6.42 Å². The summed E-state index contributed by atoms with van der Waals surface area (Å²) in [5.41, 5.74) is 1.34. The Morgan fingerprint density at radius 1 is 0.950 bits per heavy atom. The lowest BCUT2D eigenvalue weighted by Gasteiger charge is -2.08. The van der Waals surface area contributed by atoms with Gasteiger partial charge in [-0.2, -0.15) is 0 Å². The SMILES string of the molecule is OC(CCCc1ccccc1)c1cc2ccccc2s1. The van der Waals surface area contributed by atoms with Gasteiger partial charge in [0.15, 0.2) is 0 Å². The molecule has 102 valence electrons. The molecule has 1 atom stereocenters. The quantitative estimate of drug-likeness (QED) is 0.701. The molecule has 3 rings (SSSR count). The second kappa shape index (κ2) is 6.21. The Labute approximate surface area is 123 Å². The molecule has 0 radical (unpaired) electrons. The molecule has 2 heteroatoms. The maximum Gasteiger partial charge on any atom is 0.0882 e. The van der Waals surface area contributed by atoms with Crippen LogP contribution in [0.25, 0.3) is 10.1 Å². The van der Waals surface area contributed by atoms with Crippen molar-refractivity contribution in [1.29, 1.82) is 0 Å². The summed E-state index contributed by atoms with van der Waals surface area (Å²) in [6.45, 7) is 0. The van der Waals surface area contributed by atoms with E-state index in [9.17, 15) is 5.11 Å². The van der Waals surface area contributed by atoms with Crippen molar-refractivity contribution in [3.63, 3.8) is 0 Å². The van der Waals surface area contributed by atoms with Crippen LogP contribution in [-0.4, -0.2) is 5.11 Å². The van der Waals surface area contributed by atoms with Crippen LogP contribution in [0.5, 0.6) is 0 Å². The van der Waals surface area contributed by atoms with Gasteiger partial charge in [0.1, 0.15) is 0 Å². The standard InChI is InChI=1S/C18H18OS/c19-16(11-6-9-14-7-2-1-3-8-14)18-13-15-10-4-5-12-17(15)20-18/h1-5,7-8,10,12-13,16,19H,6,9,11H2. The fraction of sp³-hybridized carbons (Fsp3) is 0.222. The van der Waals surface area contributed by atoms with Crippen molar-refractivity contribution in [1.82, 2.24) is 0 Å². The van der Waals surface area contributed by atoms with Gasteiger partial charge in [-0.25, -0.2) is 0 Å². The maximum atomic E-state index is 10.3. The molecule has 0 amide bonds. The summed E-state index contributed by atoms with van der Waals surface area (Å²) < 4.78 is 1.25. The number of thiophene rings is 1. The van der Waals surface area contributed by atoms with Crippen LogP contribution >= 0.6 is 11.3 Å². The van der Waals surface area contributed by atoms with E-state index in [1.165, 1.54) is 15.6 Å². The molecule has 1 unspecified atom stereocenters. The highest BCUT2D eigenvalue weighted by molar-refractivity contribution is 7.19. The topological polar surface area (TPSA) is 20.2 Å². The van der Waals surface area contributed by atoms with E-state index in [4.69, 9.17) is 0 Å². The minimum atomic E-state index is -0.337. The Morgan fingerprint density at radius 2 is 1.70 bits per heavy atom. The van der Waals surface area contributed by atoms with Crippen LogP contribution in [0.3, 0.4) is 0 Å². The highest BCUT2D eigenvalue weighted by atomic mass is 32.1. The molecule has 0 saturated heterocycles. The Kier molecular flexibility index (Phi) is 4.14. The van der Waals surface area contributed by atoms with Crippen molar-refractivity contribution in [3.05, 3.63) is 71.1 Å². The first-order valence-electron chi connectivity index (χ1n) is 7.03. The van der Waals surface area contributed by atoms with E-state index in [-0.39, 0.29) is 6.10 Å². The number of aryl methyl sites for hydroxylation is 1. The molecule has 1 N–H and O–H groups in total. The first-order valence-corrected chi connectivity index (χ1v) is 7.85. The van der Waals surface area contributed by atoms with Crippen molar-refractivity contribution in [2.45, 2.75) is 25.4 Å². The minimum Gasteiger partial charge on any atom is -0.388 e. The van der Waals surface area contributed by atoms with Crippen LogP contribution in [0.15, 0.2) is 60.7 Å². The number of benzene rings is 2. The zero-order valence-corrected chi connectivity index (χ0v) is 12.1. The monoisotopic (exact) mass is 282 g/mol. The Hall–Kier alpha value is -1.64. The molecule has 0 saturated carbocycles. The summed E-state index contributed by atoms with van der Waals surface area (Å²) in [5, 5.41) is 11.5. The summed E-state index contributed by atoms with van der Waals surface area (Å²) in [6, 6.07) is 20.9. The molecule has 0 aliphatic heterocycles. The van der Waals surface area contributed by atoms with E-state index in [0.29, 0.717) is 0 Å². The van der Waals surface area contributed by atoms with Gasteiger partial charge in [-0.3, -0.25) is 0 Å². The van der Waals surface area contributed by atoms with Crippen LogP contribution in [0.1, 0.15) is 29.4 Å². The fourth-order valence-electron chi connectivity index (χ4n) is 2.45. The number of hydrogen-bond donors (Lipinski definition) is 1. The normalized spacial score (nSPS) is 12.7. The molecule has 0 spiro atoms. The van der Waals surface area contributed by atoms with Crippen LogP contribution in [0.2, 0.25) is 0 Å². The van der Waals surface area contributed by atoms with Gasteiger partial charge in [0.2, 0.25) is 0 Å². The van der Waals surface area contributed by atoms with Gasteiger partial charge in [-0.15, -0.1) is 11.3 Å². The lowest BCUT2D eigenvalue weighted by atomic mass is 10.1. The molecule has 1 heterocycles. The molecule has 3 aromatic rings. The maximum absolute atomic E-state index is 10.3. The van der Waals surface area contributed by atoms with E-state index in [1.807, 2.05) is 18.2 Å². The van der Waals surface area contributed by atoms with Crippen LogP contribution in [0.4, 0.5) is 0 Å². The Balaban J connectivity index is 1.60. The summed E-state index contributed by atoms with van der Waals surface area (Å²) >= 11 is 1.70. The van der Waals surface area contributed by atoms with Crippen molar-refractivity contribution in [2.24, 2.45) is 0 Å². The number of aliphatic hydroxyl groups excluding tert-OH is 1. The average molecular weight is 282 g/mol. The average Bonchev–Trinajstić information content (AvgIpc) is 2.92. The smallest absolute Gasteiger partial charge is 0.0882 e. The molecule has 1 aromatic heterocycles. The molecule has 0 bridgehead atoms. The molecule has 0 fully saturated rings. The summed E-state index contributed by atoms with van der Waals surface area (Å²) in [6.07, 6.45) is 2.53. The van der Waals surface area contributed by atoms with Gasteiger partial charge in [-0.05, 0) is 42.3 Å². The van der Waals surface area contributed by atoms with Crippen molar-refractivity contribution in [3.8, 4) is 0 Å². The lowest BCUT2D eigenvalue weighted by molar-refractivity contribution is 0.168. The third-order valence-corrected chi connectivity index (χ3v) is 4.78. The van der Waals surface area contributed by atoms with Crippen molar-refractivity contribution < 1.29 is 5.11 Å². The third kappa shape index (κ3) is 3.09. The first kappa shape index (κ1) is 13.3. The minimum absolute atomic E-state index is 0.337. The van der Waals surface area contributed by atoms with Gasteiger partial charge in [0.05, 0.1) is 6.10 Å². The van der Waals surface area contributed by atoms with Crippen molar-refractivity contribution in [2.75, 3.05) is 0 Å².